The van der Waals surface area contributed by atoms with Crippen LogP contribution < -0.4 is 11.1 Å². The first kappa shape index (κ1) is 14.1. The molecule has 0 radical (unpaired) electrons. The molecular formula is C15H24N2O2. The highest BCUT2D eigenvalue weighted by Gasteiger charge is 2.30. The van der Waals surface area contributed by atoms with Crippen LogP contribution in [0.3, 0.4) is 0 Å². The van der Waals surface area contributed by atoms with Crippen LogP contribution in [-0.4, -0.2) is 19.0 Å². The minimum absolute atomic E-state index is 0.0924. The van der Waals surface area contributed by atoms with Crippen LogP contribution >= 0.6 is 0 Å². The molecule has 19 heavy (non-hydrogen) atoms. The van der Waals surface area contributed by atoms with E-state index in [0.717, 1.165) is 25.1 Å². The van der Waals surface area contributed by atoms with Crippen LogP contribution in [0.1, 0.15) is 44.3 Å². The standard InChI is InChI=1S/C15H24N2O2/c16-11-15(8-2-1-3-9-15)12-17-14(18)7-6-13-5-4-10-19-13/h4-5,10H,1-3,6-9,11-12,16H2,(H,17,18). The predicted molar refractivity (Wildman–Crippen MR) is 74.6 cm³/mol. The van der Waals surface area contributed by atoms with Gasteiger partial charge in [0.25, 0.3) is 0 Å². The van der Waals surface area contributed by atoms with Gasteiger partial charge in [-0.05, 0) is 36.9 Å². The zero-order valence-electron chi connectivity index (χ0n) is 11.5. The third-order valence-corrected chi connectivity index (χ3v) is 4.19. The normalized spacial score (nSPS) is 18.2. The Kier molecular flexibility index (Phi) is 5.02. The van der Waals surface area contributed by atoms with E-state index in [9.17, 15) is 4.79 Å². The van der Waals surface area contributed by atoms with Crippen molar-refractivity contribution in [3.63, 3.8) is 0 Å². The molecule has 1 aliphatic rings. The van der Waals surface area contributed by atoms with E-state index in [1.165, 1.54) is 19.3 Å². The minimum Gasteiger partial charge on any atom is -0.469 e. The zero-order valence-corrected chi connectivity index (χ0v) is 11.5. The number of rotatable bonds is 6. The van der Waals surface area contributed by atoms with Gasteiger partial charge in [0.2, 0.25) is 5.91 Å². The van der Waals surface area contributed by atoms with Gasteiger partial charge >= 0.3 is 0 Å². The van der Waals surface area contributed by atoms with E-state index >= 15 is 0 Å². The Morgan fingerprint density at radius 1 is 1.37 bits per heavy atom. The van der Waals surface area contributed by atoms with Gasteiger partial charge in [0.1, 0.15) is 5.76 Å². The first-order valence-electron chi connectivity index (χ1n) is 7.23. The number of carbonyl (C=O) groups is 1. The molecular weight excluding hydrogens is 240 g/mol. The molecule has 0 aliphatic heterocycles. The molecule has 1 aromatic heterocycles. The Labute approximate surface area is 114 Å². The van der Waals surface area contributed by atoms with Crippen LogP contribution in [0.2, 0.25) is 0 Å². The van der Waals surface area contributed by atoms with Crippen LogP contribution in [0.4, 0.5) is 0 Å². The maximum Gasteiger partial charge on any atom is 0.220 e. The summed E-state index contributed by atoms with van der Waals surface area (Å²) in [5.41, 5.74) is 6.05. The fourth-order valence-corrected chi connectivity index (χ4v) is 2.82. The largest absolute Gasteiger partial charge is 0.469 e. The number of aryl methyl sites for hydroxylation is 1. The van der Waals surface area contributed by atoms with Gasteiger partial charge in [-0.1, -0.05) is 19.3 Å². The summed E-state index contributed by atoms with van der Waals surface area (Å²) in [6, 6.07) is 3.74. The monoisotopic (exact) mass is 264 g/mol. The van der Waals surface area contributed by atoms with Gasteiger partial charge in [0.15, 0.2) is 0 Å². The molecule has 3 N–H and O–H groups in total. The van der Waals surface area contributed by atoms with Gasteiger partial charge < -0.3 is 15.5 Å². The Morgan fingerprint density at radius 2 is 2.16 bits per heavy atom. The summed E-state index contributed by atoms with van der Waals surface area (Å²) < 4.78 is 5.22. The van der Waals surface area contributed by atoms with Crippen LogP contribution in [-0.2, 0) is 11.2 Å². The van der Waals surface area contributed by atoms with Crippen molar-refractivity contribution in [3.8, 4) is 0 Å². The van der Waals surface area contributed by atoms with Crippen molar-refractivity contribution in [2.75, 3.05) is 13.1 Å². The average molecular weight is 264 g/mol. The Bertz CT molecular complexity index is 381. The van der Waals surface area contributed by atoms with Crippen molar-refractivity contribution in [2.45, 2.75) is 44.9 Å². The molecule has 1 saturated carbocycles. The number of amides is 1. The second kappa shape index (κ2) is 6.75. The van der Waals surface area contributed by atoms with Gasteiger partial charge in [-0.2, -0.15) is 0 Å². The van der Waals surface area contributed by atoms with Crippen molar-refractivity contribution in [2.24, 2.45) is 11.1 Å². The second-order valence-corrected chi connectivity index (χ2v) is 5.62. The highest BCUT2D eigenvalue weighted by Crippen LogP contribution is 2.34. The smallest absolute Gasteiger partial charge is 0.220 e. The number of carbonyl (C=O) groups excluding carboxylic acids is 1. The summed E-state index contributed by atoms with van der Waals surface area (Å²) in [5, 5.41) is 3.05. The third-order valence-electron chi connectivity index (χ3n) is 4.19. The van der Waals surface area contributed by atoms with E-state index in [4.69, 9.17) is 10.2 Å². The lowest BCUT2D eigenvalue weighted by molar-refractivity contribution is -0.121. The molecule has 4 nitrogen and oxygen atoms in total. The summed E-state index contributed by atoms with van der Waals surface area (Å²) in [5.74, 6) is 0.955. The van der Waals surface area contributed by atoms with Crippen LogP contribution in [0.15, 0.2) is 22.8 Å². The highest BCUT2D eigenvalue weighted by molar-refractivity contribution is 5.76. The van der Waals surface area contributed by atoms with Crippen LogP contribution in [0.5, 0.6) is 0 Å². The second-order valence-electron chi connectivity index (χ2n) is 5.62. The van der Waals surface area contributed by atoms with Crippen molar-refractivity contribution in [3.05, 3.63) is 24.2 Å². The van der Waals surface area contributed by atoms with E-state index in [1.54, 1.807) is 6.26 Å². The molecule has 106 valence electrons. The molecule has 0 bridgehead atoms. The van der Waals surface area contributed by atoms with Gasteiger partial charge in [-0.3, -0.25) is 4.79 Å². The van der Waals surface area contributed by atoms with Gasteiger partial charge in [-0.15, -0.1) is 0 Å². The Hall–Kier alpha value is -1.29. The number of hydrogen-bond acceptors (Lipinski definition) is 3. The summed E-state index contributed by atoms with van der Waals surface area (Å²) in [4.78, 5) is 11.8. The number of hydrogen-bond donors (Lipinski definition) is 2. The van der Waals surface area contributed by atoms with E-state index in [0.29, 0.717) is 19.4 Å². The quantitative estimate of drug-likeness (QED) is 0.828. The summed E-state index contributed by atoms with van der Waals surface area (Å²) >= 11 is 0. The molecule has 0 unspecified atom stereocenters. The SMILES string of the molecule is NCC1(CNC(=O)CCc2ccco2)CCCCC1. The van der Waals surface area contributed by atoms with E-state index < -0.39 is 0 Å². The molecule has 2 rings (SSSR count). The van der Waals surface area contributed by atoms with Gasteiger partial charge in [0.05, 0.1) is 6.26 Å². The molecule has 4 heteroatoms. The van der Waals surface area contributed by atoms with E-state index in [-0.39, 0.29) is 11.3 Å². The zero-order chi connectivity index (χ0) is 13.6. The van der Waals surface area contributed by atoms with Crippen LogP contribution in [0, 0.1) is 5.41 Å². The maximum absolute atomic E-state index is 11.8. The van der Waals surface area contributed by atoms with Gasteiger partial charge in [0, 0.05) is 19.4 Å². The first-order chi connectivity index (χ1) is 9.24. The number of furan rings is 1. The van der Waals surface area contributed by atoms with Crippen molar-refractivity contribution >= 4 is 5.91 Å². The number of nitrogens with one attached hydrogen (secondary N) is 1. The lowest BCUT2D eigenvalue weighted by atomic mass is 9.74. The summed E-state index contributed by atoms with van der Waals surface area (Å²) in [7, 11) is 0. The molecule has 0 atom stereocenters. The topological polar surface area (TPSA) is 68.3 Å². The van der Waals surface area contributed by atoms with Crippen molar-refractivity contribution in [1.82, 2.24) is 5.32 Å². The van der Waals surface area contributed by atoms with E-state index in [1.807, 2.05) is 12.1 Å². The lowest BCUT2D eigenvalue weighted by Crippen LogP contribution is -2.43. The minimum atomic E-state index is 0.0924. The molecule has 1 fully saturated rings. The molecule has 1 aliphatic carbocycles. The summed E-state index contributed by atoms with van der Waals surface area (Å²) in [6.45, 7) is 1.39. The Balaban J connectivity index is 1.72. The maximum atomic E-state index is 11.8. The Morgan fingerprint density at radius 3 is 2.79 bits per heavy atom. The lowest BCUT2D eigenvalue weighted by Gasteiger charge is -2.36. The van der Waals surface area contributed by atoms with Crippen LogP contribution in [0.25, 0.3) is 0 Å². The molecule has 1 amide bonds. The average Bonchev–Trinajstić information content (AvgIpc) is 2.97. The predicted octanol–water partition coefficient (Wildman–Crippen LogP) is 2.24. The fourth-order valence-electron chi connectivity index (χ4n) is 2.82. The molecule has 1 aromatic rings. The molecule has 0 saturated heterocycles. The number of nitrogens with two attached hydrogens (primary N) is 1. The summed E-state index contributed by atoms with van der Waals surface area (Å²) in [6.07, 6.45) is 8.83. The molecule has 1 heterocycles. The third kappa shape index (κ3) is 4.10. The highest BCUT2D eigenvalue weighted by atomic mass is 16.3. The molecule has 0 spiro atoms. The van der Waals surface area contributed by atoms with Crippen molar-refractivity contribution < 1.29 is 9.21 Å². The fraction of sp³-hybridized carbons (Fsp3) is 0.667. The first-order valence-corrected chi connectivity index (χ1v) is 7.23. The van der Waals surface area contributed by atoms with Gasteiger partial charge in [-0.25, -0.2) is 0 Å². The van der Waals surface area contributed by atoms with Crippen molar-refractivity contribution in [1.29, 1.82) is 0 Å². The molecule has 0 aromatic carbocycles. The van der Waals surface area contributed by atoms with E-state index in [2.05, 4.69) is 5.32 Å².